The first-order chi connectivity index (χ1) is 13.0. The van der Waals surface area contributed by atoms with Crippen LogP contribution in [0.15, 0.2) is 54.7 Å². The van der Waals surface area contributed by atoms with E-state index >= 15 is 0 Å². The topological polar surface area (TPSA) is 100 Å². The van der Waals surface area contributed by atoms with Gasteiger partial charge in [0.25, 0.3) is 5.91 Å². The summed E-state index contributed by atoms with van der Waals surface area (Å²) < 4.78 is 0. The zero-order valence-corrected chi connectivity index (χ0v) is 15.0. The van der Waals surface area contributed by atoms with Crippen LogP contribution in [0, 0.1) is 0 Å². The second-order valence-corrected chi connectivity index (χ2v) is 6.10. The smallest absolute Gasteiger partial charge is 0.307 e. The van der Waals surface area contributed by atoms with Gasteiger partial charge in [-0.05, 0) is 31.2 Å². The largest absolute Gasteiger partial charge is 0.337 e. The Kier molecular flexibility index (Phi) is 5.33. The molecule has 0 unspecified atom stereocenters. The van der Waals surface area contributed by atoms with Crippen molar-refractivity contribution in [2.75, 3.05) is 5.32 Å². The SMILES string of the molecule is CC(=O)c1cnc2ccccc2c1C(=O)NNC(=O)Nc1cccc(Cl)c1. The van der Waals surface area contributed by atoms with E-state index in [9.17, 15) is 14.4 Å². The number of nitrogens with one attached hydrogen (secondary N) is 3. The van der Waals surface area contributed by atoms with Crippen LogP contribution in [0.5, 0.6) is 0 Å². The van der Waals surface area contributed by atoms with Gasteiger partial charge in [0.2, 0.25) is 0 Å². The van der Waals surface area contributed by atoms with Crippen LogP contribution in [0.4, 0.5) is 10.5 Å². The zero-order chi connectivity index (χ0) is 19.4. The Labute approximate surface area is 159 Å². The molecule has 136 valence electrons. The number of aromatic nitrogens is 1. The predicted octanol–water partition coefficient (Wildman–Crippen LogP) is 3.56. The molecule has 0 fully saturated rings. The Morgan fingerprint density at radius 3 is 2.52 bits per heavy atom. The highest BCUT2D eigenvalue weighted by Crippen LogP contribution is 2.21. The highest BCUT2D eigenvalue weighted by molar-refractivity contribution is 6.30. The van der Waals surface area contributed by atoms with E-state index in [-0.39, 0.29) is 16.9 Å². The van der Waals surface area contributed by atoms with E-state index in [1.807, 2.05) is 0 Å². The fourth-order valence-corrected chi connectivity index (χ4v) is 2.75. The van der Waals surface area contributed by atoms with E-state index in [4.69, 9.17) is 11.6 Å². The fraction of sp³-hybridized carbons (Fsp3) is 0.0526. The molecule has 0 aliphatic rings. The minimum atomic E-state index is -0.659. The number of fused-ring (bicyclic) bond motifs is 1. The van der Waals surface area contributed by atoms with Crippen LogP contribution in [0.3, 0.4) is 0 Å². The molecule has 3 aromatic rings. The molecule has 2 aromatic carbocycles. The van der Waals surface area contributed by atoms with Gasteiger partial charge in [-0.2, -0.15) is 0 Å². The normalized spacial score (nSPS) is 10.3. The average Bonchev–Trinajstić information content (AvgIpc) is 2.65. The molecule has 0 spiro atoms. The van der Waals surface area contributed by atoms with E-state index in [0.717, 1.165) is 0 Å². The predicted molar refractivity (Wildman–Crippen MR) is 103 cm³/mol. The number of halogens is 1. The van der Waals surface area contributed by atoms with E-state index < -0.39 is 11.9 Å². The van der Waals surface area contributed by atoms with Crippen molar-refractivity contribution in [1.82, 2.24) is 15.8 Å². The van der Waals surface area contributed by atoms with E-state index in [2.05, 4.69) is 21.2 Å². The van der Waals surface area contributed by atoms with Gasteiger partial charge in [0.15, 0.2) is 5.78 Å². The molecule has 1 aromatic heterocycles. The molecule has 0 radical (unpaired) electrons. The van der Waals surface area contributed by atoms with Crippen molar-refractivity contribution in [3.05, 3.63) is 70.9 Å². The van der Waals surface area contributed by atoms with Crippen LogP contribution in [0.25, 0.3) is 10.9 Å². The standard InChI is InChI=1S/C19H15ClN4O3/c1-11(25)15-10-21-16-8-3-2-7-14(16)17(15)18(26)23-24-19(27)22-13-6-4-5-12(20)9-13/h2-10H,1H3,(H,23,26)(H2,22,24,27). The molecule has 0 saturated carbocycles. The van der Waals surface area contributed by atoms with Gasteiger partial charge in [-0.3, -0.25) is 20.0 Å². The second kappa shape index (κ2) is 7.84. The van der Waals surface area contributed by atoms with Crippen molar-refractivity contribution < 1.29 is 14.4 Å². The molecule has 7 nitrogen and oxygen atoms in total. The summed E-state index contributed by atoms with van der Waals surface area (Å²) in [5, 5.41) is 3.51. The van der Waals surface area contributed by atoms with Crippen molar-refractivity contribution in [2.24, 2.45) is 0 Å². The third-order valence-corrected chi connectivity index (χ3v) is 3.99. The van der Waals surface area contributed by atoms with E-state index in [1.54, 1.807) is 48.5 Å². The van der Waals surface area contributed by atoms with Crippen LogP contribution in [-0.2, 0) is 0 Å². The number of benzene rings is 2. The number of hydrogen-bond acceptors (Lipinski definition) is 4. The maximum Gasteiger partial charge on any atom is 0.337 e. The third-order valence-electron chi connectivity index (χ3n) is 3.75. The molecule has 8 heteroatoms. The Morgan fingerprint density at radius 2 is 1.78 bits per heavy atom. The van der Waals surface area contributed by atoms with Crippen molar-refractivity contribution in [3.8, 4) is 0 Å². The van der Waals surface area contributed by atoms with Gasteiger partial charge in [0, 0.05) is 27.9 Å². The molecular formula is C19H15ClN4O3. The summed E-state index contributed by atoms with van der Waals surface area (Å²) in [4.78, 5) is 40.7. The molecule has 3 N–H and O–H groups in total. The van der Waals surface area contributed by atoms with Crippen LogP contribution in [0.2, 0.25) is 5.02 Å². The summed E-state index contributed by atoms with van der Waals surface area (Å²) in [6, 6.07) is 12.8. The minimum Gasteiger partial charge on any atom is -0.307 e. The summed E-state index contributed by atoms with van der Waals surface area (Å²) in [6.45, 7) is 1.35. The minimum absolute atomic E-state index is 0.149. The lowest BCUT2D eigenvalue weighted by Crippen LogP contribution is -2.44. The second-order valence-electron chi connectivity index (χ2n) is 5.66. The Balaban J connectivity index is 1.79. The van der Waals surface area contributed by atoms with E-state index in [0.29, 0.717) is 21.6 Å². The molecule has 0 aliphatic carbocycles. The number of hydrogen-bond donors (Lipinski definition) is 3. The Morgan fingerprint density at radius 1 is 1.00 bits per heavy atom. The molecule has 27 heavy (non-hydrogen) atoms. The first-order valence-corrected chi connectivity index (χ1v) is 8.35. The number of pyridine rings is 1. The number of rotatable bonds is 3. The fourth-order valence-electron chi connectivity index (χ4n) is 2.56. The molecule has 1 heterocycles. The number of nitrogens with zero attached hydrogens (tertiary/aromatic N) is 1. The zero-order valence-electron chi connectivity index (χ0n) is 14.2. The van der Waals surface area contributed by atoms with Gasteiger partial charge < -0.3 is 5.32 Å². The van der Waals surface area contributed by atoms with Gasteiger partial charge in [0.05, 0.1) is 11.1 Å². The third kappa shape index (κ3) is 4.21. The molecular weight excluding hydrogens is 368 g/mol. The quantitative estimate of drug-likeness (QED) is 0.476. The number of carbonyl (C=O) groups excluding carboxylic acids is 3. The Bertz CT molecular complexity index is 1050. The number of para-hydroxylation sites is 1. The maximum absolute atomic E-state index is 12.6. The number of carbonyl (C=O) groups is 3. The number of anilines is 1. The molecule has 3 rings (SSSR count). The molecule has 3 amide bonds. The number of amides is 3. The monoisotopic (exact) mass is 382 g/mol. The van der Waals surface area contributed by atoms with Gasteiger partial charge in [-0.1, -0.05) is 35.9 Å². The van der Waals surface area contributed by atoms with Gasteiger partial charge in [-0.25, -0.2) is 10.2 Å². The van der Waals surface area contributed by atoms with Crippen molar-refractivity contribution in [1.29, 1.82) is 0 Å². The molecule has 0 bridgehead atoms. The van der Waals surface area contributed by atoms with Crippen LogP contribution in [-0.4, -0.2) is 22.7 Å². The summed E-state index contributed by atoms with van der Waals surface area (Å²) in [7, 11) is 0. The van der Waals surface area contributed by atoms with Crippen LogP contribution < -0.4 is 16.2 Å². The number of urea groups is 1. The highest BCUT2D eigenvalue weighted by atomic mass is 35.5. The molecule has 0 saturated heterocycles. The summed E-state index contributed by atoms with van der Waals surface area (Å²) >= 11 is 5.86. The molecule has 0 aliphatic heterocycles. The first kappa shape index (κ1) is 18.3. The lowest BCUT2D eigenvalue weighted by atomic mass is 10.0. The Hall–Kier alpha value is -3.45. The van der Waals surface area contributed by atoms with E-state index in [1.165, 1.54) is 13.1 Å². The van der Waals surface area contributed by atoms with Crippen LogP contribution in [0.1, 0.15) is 27.6 Å². The summed E-state index contributed by atoms with van der Waals surface area (Å²) in [5.41, 5.74) is 5.91. The van der Waals surface area contributed by atoms with Crippen molar-refractivity contribution in [3.63, 3.8) is 0 Å². The molecule has 0 atom stereocenters. The van der Waals surface area contributed by atoms with Crippen molar-refractivity contribution >= 4 is 45.9 Å². The summed E-state index contributed by atoms with van der Waals surface area (Å²) in [6.07, 6.45) is 1.35. The van der Waals surface area contributed by atoms with Gasteiger partial charge >= 0.3 is 6.03 Å². The lowest BCUT2D eigenvalue weighted by Gasteiger charge is -2.12. The number of Topliss-reactive ketones (excluding diaryl/α,β-unsaturated/α-hetero) is 1. The van der Waals surface area contributed by atoms with Crippen molar-refractivity contribution in [2.45, 2.75) is 6.92 Å². The van der Waals surface area contributed by atoms with Gasteiger partial charge in [0.1, 0.15) is 0 Å². The van der Waals surface area contributed by atoms with Gasteiger partial charge in [-0.15, -0.1) is 0 Å². The number of hydrazine groups is 1. The highest BCUT2D eigenvalue weighted by Gasteiger charge is 2.19. The lowest BCUT2D eigenvalue weighted by molar-refractivity contribution is 0.0927. The maximum atomic E-state index is 12.6. The summed E-state index contributed by atoms with van der Waals surface area (Å²) in [5.74, 6) is -0.929. The average molecular weight is 383 g/mol. The number of ketones is 1. The first-order valence-electron chi connectivity index (χ1n) is 7.97. The van der Waals surface area contributed by atoms with Crippen LogP contribution >= 0.6 is 11.6 Å².